The summed E-state index contributed by atoms with van der Waals surface area (Å²) in [5, 5.41) is 36.8. The molecule has 0 spiro atoms. The van der Waals surface area contributed by atoms with Crippen LogP contribution in [0.15, 0.2) is 54.2 Å². The first-order chi connectivity index (χ1) is 23.4. The van der Waals surface area contributed by atoms with Gasteiger partial charge in [0.1, 0.15) is 29.7 Å². The Bertz CT molecular complexity index is 1390. The number of allylic oxidation sites excluding steroid dienone is 2. The van der Waals surface area contributed by atoms with Gasteiger partial charge in [0.2, 0.25) is 0 Å². The van der Waals surface area contributed by atoms with E-state index in [1.165, 1.54) is 26.0 Å². The van der Waals surface area contributed by atoms with E-state index >= 15 is 0 Å². The highest BCUT2D eigenvalue weighted by atomic mass is 35.5. The molecule has 0 amide bonds. The maximum absolute atomic E-state index is 14.2. The number of benzene rings is 1. The third-order valence-electron chi connectivity index (χ3n) is 9.70. The fraction of sp³-hybridized carbons (Fsp3) is 0.632. The van der Waals surface area contributed by atoms with Crippen LogP contribution in [0.1, 0.15) is 79.7 Å². The zero-order chi connectivity index (χ0) is 37.4. The number of ether oxygens (including phenoxy) is 4. The van der Waals surface area contributed by atoms with E-state index in [0.717, 1.165) is 6.42 Å². The topological polar surface area (TPSA) is 147 Å². The molecule has 10 nitrogen and oxygen atoms in total. The molecule has 1 fully saturated rings. The molecule has 4 N–H and O–H groups in total. The first-order valence-corrected chi connectivity index (χ1v) is 17.7. The number of aliphatic hydroxyl groups excluding tert-OH is 1. The molecule has 0 radical (unpaired) electrons. The maximum atomic E-state index is 14.2. The summed E-state index contributed by atoms with van der Waals surface area (Å²) in [5.41, 5.74) is -1.63. The molecule has 2 aliphatic rings. The van der Waals surface area contributed by atoms with E-state index in [2.05, 4.69) is 12.2 Å². The summed E-state index contributed by atoms with van der Waals surface area (Å²) in [6.45, 7) is 12.4. The molecule has 50 heavy (non-hydrogen) atoms. The molecule has 1 aromatic rings. The Balaban J connectivity index is 1.88. The lowest BCUT2D eigenvalue weighted by molar-refractivity contribution is -0.157. The van der Waals surface area contributed by atoms with Crippen LogP contribution in [0.4, 0.5) is 4.39 Å². The molecule has 3 unspecified atom stereocenters. The molecule has 2 aliphatic heterocycles. The molecular weight excluding hydrogens is 669 g/mol. The van der Waals surface area contributed by atoms with Gasteiger partial charge in [-0.05, 0) is 69.4 Å². The number of esters is 2. The van der Waals surface area contributed by atoms with Crippen LogP contribution < -0.4 is 5.32 Å². The second kappa shape index (κ2) is 18.2. The number of rotatable bonds is 13. The molecule has 0 saturated carbocycles. The van der Waals surface area contributed by atoms with Crippen molar-refractivity contribution in [2.75, 3.05) is 7.11 Å². The largest absolute Gasteiger partial charge is 0.457 e. The van der Waals surface area contributed by atoms with Crippen molar-refractivity contribution in [3.05, 3.63) is 70.6 Å². The number of nitrogens with one attached hydrogen (secondary N) is 1. The smallest absolute Gasteiger partial charge is 0.309 e. The number of carbonyl (C=O) groups excluding carboxylic acids is 2. The Morgan fingerprint density at radius 2 is 1.98 bits per heavy atom. The van der Waals surface area contributed by atoms with Gasteiger partial charge in [0.15, 0.2) is 0 Å². The van der Waals surface area contributed by atoms with E-state index in [0.29, 0.717) is 11.1 Å². The minimum Gasteiger partial charge on any atom is -0.457 e. The first kappa shape index (κ1) is 41.8. The fourth-order valence-electron chi connectivity index (χ4n) is 6.55. The molecule has 0 bridgehead atoms. The highest BCUT2D eigenvalue weighted by Crippen LogP contribution is 2.39. The summed E-state index contributed by atoms with van der Waals surface area (Å²) < 4.78 is 37.2. The standard InChI is InChI=1S/C38H55ClFNO9/c1-9-30(47-8)24(4)34-35(50-34)36(41-21-26-13-14-28(39)29(40)19-26)38(7,46)17-10-11-22(2)33-23(3)12-15-31(48-25(5)42)37(6,45)18-16-27(43)20-32(44)49-33/h10-15,17,19,23-24,27,30-31,33-36,41,43,45-46H,9,16,18,20-21H2,1-8H3/t23-,24+,27+,30-,31-,33+,34?,35-,36?,37+,38?/m0/s1. The van der Waals surface area contributed by atoms with Crippen LogP contribution in [-0.2, 0) is 35.1 Å². The van der Waals surface area contributed by atoms with Gasteiger partial charge in [-0.1, -0.05) is 62.7 Å². The highest BCUT2D eigenvalue weighted by Gasteiger charge is 2.54. The SMILES string of the molecule is CC[C@H](OC)[C@@H](C)C1O[C@@H]1C(NCc1ccc(Cl)c(F)c1)C(C)(O)C=CC=C(C)[C@H]1OC(=O)C[C@H](O)CC[C@@](C)(O)[C@@H](OC(C)=O)C=C[C@@H]1C. The molecule has 11 atom stereocenters. The van der Waals surface area contributed by atoms with Gasteiger partial charge in [-0.3, -0.25) is 9.59 Å². The Kier molecular flexibility index (Phi) is 15.2. The summed E-state index contributed by atoms with van der Waals surface area (Å²) in [6, 6.07) is 3.96. The Labute approximate surface area is 300 Å². The second-order valence-electron chi connectivity index (χ2n) is 14.1. The number of carbonyl (C=O) groups is 2. The van der Waals surface area contributed by atoms with Crippen molar-refractivity contribution in [2.24, 2.45) is 11.8 Å². The van der Waals surface area contributed by atoms with Crippen LogP contribution in [0.3, 0.4) is 0 Å². The minimum atomic E-state index is -1.48. The number of aliphatic hydroxyl groups is 3. The van der Waals surface area contributed by atoms with Gasteiger partial charge < -0.3 is 39.6 Å². The van der Waals surface area contributed by atoms with Crippen LogP contribution in [-0.4, -0.2) is 88.2 Å². The van der Waals surface area contributed by atoms with E-state index in [1.54, 1.807) is 57.4 Å². The van der Waals surface area contributed by atoms with E-state index in [-0.39, 0.29) is 55.1 Å². The van der Waals surface area contributed by atoms with Crippen LogP contribution in [0, 0.1) is 17.7 Å². The third-order valence-corrected chi connectivity index (χ3v) is 10.0. The number of hydrogen-bond donors (Lipinski definition) is 4. The molecule has 0 aromatic heterocycles. The summed E-state index contributed by atoms with van der Waals surface area (Å²) >= 11 is 5.88. The van der Waals surface area contributed by atoms with Crippen molar-refractivity contribution < 1.29 is 48.2 Å². The average molecular weight is 724 g/mol. The summed E-state index contributed by atoms with van der Waals surface area (Å²) in [4.78, 5) is 24.7. The Hall–Kier alpha value is -2.64. The number of cyclic esters (lactones) is 1. The van der Waals surface area contributed by atoms with Gasteiger partial charge in [0.05, 0.1) is 41.4 Å². The molecular formula is C38H55ClFNO9. The third kappa shape index (κ3) is 11.7. The monoisotopic (exact) mass is 723 g/mol. The quantitative estimate of drug-likeness (QED) is 0.0909. The van der Waals surface area contributed by atoms with Gasteiger partial charge in [-0.15, -0.1) is 0 Å². The summed E-state index contributed by atoms with van der Waals surface area (Å²) in [7, 11) is 1.67. The molecule has 1 saturated heterocycles. The van der Waals surface area contributed by atoms with E-state index < -0.39 is 59.2 Å². The minimum absolute atomic E-state index is 0.0243. The highest BCUT2D eigenvalue weighted by molar-refractivity contribution is 6.30. The second-order valence-corrected chi connectivity index (χ2v) is 14.6. The zero-order valence-corrected chi connectivity index (χ0v) is 31.2. The van der Waals surface area contributed by atoms with Crippen molar-refractivity contribution in [1.82, 2.24) is 5.32 Å². The predicted octanol–water partition coefficient (Wildman–Crippen LogP) is 5.35. The summed E-state index contributed by atoms with van der Waals surface area (Å²) in [6.07, 6.45) is 5.69. The van der Waals surface area contributed by atoms with E-state index in [4.69, 9.17) is 30.5 Å². The van der Waals surface area contributed by atoms with Crippen molar-refractivity contribution in [1.29, 1.82) is 0 Å². The number of methoxy groups -OCH3 is 1. The van der Waals surface area contributed by atoms with Gasteiger partial charge in [0, 0.05) is 32.4 Å². The molecule has 3 rings (SSSR count). The number of epoxide rings is 1. The first-order valence-electron chi connectivity index (χ1n) is 17.3. The lowest BCUT2D eigenvalue weighted by Gasteiger charge is -2.32. The number of halogens is 2. The van der Waals surface area contributed by atoms with Crippen LogP contribution in [0.2, 0.25) is 5.02 Å². The van der Waals surface area contributed by atoms with Gasteiger partial charge >= 0.3 is 11.9 Å². The van der Waals surface area contributed by atoms with Crippen molar-refractivity contribution in [3.63, 3.8) is 0 Å². The zero-order valence-electron chi connectivity index (χ0n) is 30.4. The molecule has 12 heteroatoms. The number of hydrogen-bond acceptors (Lipinski definition) is 10. The van der Waals surface area contributed by atoms with Gasteiger partial charge in [-0.2, -0.15) is 0 Å². The fourth-order valence-corrected chi connectivity index (χ4v) is 6.67. The van der Waals surface area contributed by atoms with Crippen LogP contribution in [0.5, 0.6) is 0 Å². The molecule has 2 heterocycles. The molecule has 280 valence electrons. The lowest BCUT2D eigenvalue weighted by Crippen LogP contribution is -2.52. The van der Waals surface area contributed by atoms with E-state index in [1.807, 2.05) is 13.8 Å². The molecule has 1 aromatic carbocycles. The van der Waals surface area contributed by atoms with Crippen LogP contribution >= 0.6 is 11.6 Å². The predicted molar refractivity (Wildman–Crippen MR) is 189 cm³/mol. The average Bonchev–Trinajstić information content (AvgIpc) is 3.82. The van der Waals surface area contributed by atoms with Crippen molar-refractivity contribution in [2.45, 2.75) is 135 Å². The Morgan fingerprint density at radius 3 is 2.60 bits per heavy atom. The van der Waals surface area contributed by atoms with Gasteiger partial charge in [0.25, 0.3) is 0 Å². The maximum Gasteiger partial charge on any atom is 0.309 e. The van der Waals surface area contributed by atoms with Crippen molar-refractivity contribution in [3.8, 4) is 0 Å². The summed E-state index contributed by atoms with van der Waals surface area (Å²) in [5.74, 6) is -2.06. The van der Waals surface area contributed by atoms with Crippen LogP contribution in [0.25, 0.3) is 0 Å². The Morgan fingerprint density at radius 1 is 1.28 bits per heavy atom. The normalized spacial score (nSPS) is 31.1. The van der Waals surface area contributed by atoms with Crippen molar-refractivity contribution >= 4 is 23.5 Å². The lowest BCUT2D eigenvalue weighted by atomic mass is 9.87. The van der Waals surface area contributed by atoms with E-state index in [9.17, 15) is 29.3 Å². The van der Waals surface area contributed by atoms with Gasteiger partial charge in [-0.25, -0.2) is 4.39 Å². The molecule has 0 aliphatic carbocycles.